The van der Waals surface area contributed by atoms with Gasteiger partial charge in [-0.2, -0.15) is 0 Å². The summed E-state index contributed by atoms with van der Waals surface area (Å²) in [6.07, 6.45) is 0.168. The Kier molecular flexibility index (Phi) is 6.06. The normalized spacial score (nSPS) is 12.0. The summed E-state index contributed by atoms with van der Waals surface area (Å²) in [6, 6.07) is 30.2. The molecule has 0 aliphatic carbocycles. The van der Waals surface area contributed by atoms with Crippen molar-refractivity contribution in [1.82, 2.24) is 0 Å². The molecule has 0 saturated heterocycles. The van der Waals surface area contributed by atoms with Crippen LogP contribution in [0.4, 0.5) is 0 Å². The molecule has 0 aliphatic rings. The van der Waals surface area contributed by atoms with Gasteiger partial charge in [-0.25, -0.2) is 0 Å². The van der Waals surface area contributed by atoms with E-state index in [-0.39, 0.29) is 0 Å². The average Bonchev–Trinajstić information content (AvgIpc) is 2.77. The maximum atomic E-state index is 11.0. The summed E-state index contributed by atoms with van der Waals surface area (Å²) in [7, 11) is 0. The largest absolute Gasteiger partial charge is 0.388 e. The molecule has 0 aromatic heterocycles. The molecule has 0 bridgehead atoms. The number of hydrogen-bond acceptors (Lipinski definition) is 1. The van der Waals surface area contributed by atoms with Gasteiger partial charge in [0.05, 0.1) is 6.10 Å². The Morgan fingerprint density at radius 2 is 1.10 bits per heavy atom. The Balaban J connectivity index is 2.14. The van der Waals surface area contributed by atoms with Gasteiger partial charge in [-0.05, 0) is 66.1 Å². The predicted octanol–water partition coefficient (Wildman–Crippen LogP) is 8.06. The van der Waals surface area contributed by atoms with Gasteiger partial charge in [-0.3, -0.25) is 0 Å². The summed E-state index contributed by atoms with van der Waals surface area (Å²) in [5.74, 6) is 0. The van der Waals surface area contributed by atoms with Crippen LogP contribution < -0.4 is 0 Å². The summed E-state index contributed by atoms with van der Waals surface area (Å²) >= 11 is 0. The van der Waals surface area contributed by atoms with Crippen molar-refractivity contribution in [2.75, 3.05) is 0 Å². The molecule has 0 amide bonds. The van der Waals surface area contributed by atoms with E-state index in [1.54, 1.807) is 0 Å². The standard InChI is InChI=1S/C30H30O/c1-5-28(31)27-16-15-26(23-12-6-9-20(2)17-23)29(24-13-7-10-21(3)18-24)30(27)25-14-8-11-22(4)19-25/h6-19,28,31H,5H2,1-4H3/t28-/m0/s1. The van der Waals surface area contributed by atoms with Crippen LogP contribution in [-0.4, -0.2) is 5.11 Å². The first kappa shape index (κ1) is 21.1. The fourth-order valence-corrected chi connectivity index (χ4v) is 4.38. The van der Waals surface area contributed by atoms with Gasteiger partial charge in [0.1, 0.15) is 0 Å². The lowest BCUT2D eigenvalue weighted by Crippen LogP contribution is -2.02. The van der Waals surface area contributed by atoms with Crippen LogP contribution in [0.3, 0.4) is 0 Å². The second kappa shape index (κ2) is 8.91. The summed E-state index contributed by atoms with van der Waals surface area (Å²) in [5.41, 5.74) is 11.7. The first-order valence-electron chi connectivity index (χ1n) is 11.0. The second-order valence-corrected chi connectivity index (χ2v) is 8.48. The minimum atomic E-state index is -0.509. The lowest BCUT2D eigenvalue weighted by molar-refractivity contribution is 0.174. The fourth-order valence-electron chi connectivity index (χ4n) is 4.38. The molecule has 0 heterocycles. The van der Waals surface area contributed by atoms with E-state index in [0.717, 1.165) is 16.7 Å². The van der Waals surface area contributed by atoms with Crippen LogP contribution in [0.15, 0.2) is 84.9 Å². The van der Waals surface area contributed by atoms with Crippen molar-refractivity contribution >= 4 is 0 Å². The minimum absolute atomic E-state index is 0.509. The Morgan fingerprint density at radius 3 is 1.61 bits per heavy atom. The van der Waals surface area contributed by atoms with Crippen LogP contribution in [0.5, 0.6) is 0 Å². The second-order valence-electron chi connectivity index (χ2n) is 8.48. The molecule has 0 aliphatic heterocycles. The van der Waals surface area contributed by atoms with Crippen molar-refractivity contribution in [2.24, 2.45) is 0 Å². The van der Waals surface area contributed by atoms with E-state index in [4.69, 9.17) is 0 Å². The third kappa shape index (κ3) is 4.33. The van der Waals surface area contributed by atoms with E-state index < -0.39 is 6.10 Å². The molecule has 31 heavy (non-hydrogen) atoms. The van der Waals surface area contributed by atoms with Gasteiger partial charge in [0.25, 0.3) is 0 Å². The van der Waals surface area contributed by atoms with Crippen LogP contribution in [0, 0.1) is 20.8 Å². The van der Waals surface area contributed by atoms with Crippen LogP contribution in [-0.2, 0) is 0 Å². The van der Waals surface area contributed by atoms with E-state index in [0.29, 0.717) is 6.42 Å². The van der Waals surface area contributed by atoms with E-state index in [1.165, 1.54) is 38.9 Å². The Morgan fingerprint density at radius 1 is 0.613 bits per heavy atom. The molecule has 4 aromatic rings. The van der Waals surface area contributed by atoms with Gasteiger partial charge >= 0.3 is 0 Å². The zero-order valence-corrected chi connectivity index (χ0v) is 18.8. The summed E-state index contributed by atoms with van der Waals surface area (Å²) in [4.78, 5) is 0. The molecule has 0 saturated carbocycles. The van der Waals surface area contributed by atoms with Crippen molar-refractivity contribution < 1.29 is 5.11 Å². The van der Waals surface area contributed by atoms with Gasteiger partial charge < -0.3 is 5.11 Å². The van der Waals surface area contributed by atoms with Crippen molar-refractivity contribution in [3.63, 3.8) is 0 Å². The minimum Gasteiger partial charge on any atom is -0.388 e. The molecule has 4 aromatic carbocycles. The van der Waals surface area contributed by atoms with Gasteiger partial charge in [-0.1, -0.05) is 109 Å². The maximum absolute atomic E-state index is 11.0. The monoisotopic (exact) mass is 406 g/mol. The maximum Gasteiger partial charge on any atom is 0.0793 e. The summed E-state index contributed by atoms with van der Waals surface area (Å²) in [6.45, 7) is 8.42. The molecule has 0 radical (unpaired) electrons. The zero-order chi connectivity index (χ0) is 22.0. The van der Waals surface area contributed by atoms with Crippen molar-refractivity contribution in [2.45, 2.75) is 40.2 Å². The van der Waals surface area contributed by atoms with E-state index >= 15 is 0 Å². The number of rotatable bonds is 5. The molecular weight excluding hydrogens is 376 g/mol. The van der Waals surface area contributed by atoms with Crippen LogP contribution in [0.25, 0.3) is 33.4 Å². The van der Waals surface area contributed by atoms with E-state index in [9.17, 15) is 5.11 Å². The number of hydrogen-bond donors (Lipinski definition) is 1. The highest BCUT2D eigenvalue weighted by Gasteiger charge is 2.21. The SMILES string of the molecule is CC[C@H](O)c1ccc(-c2cccc(C)c2)c(-c2cccc(C)c2)c1-c1cccc(C)c1. The first-order chi connectivity index (χ1) is 15.0. The quantitative estimate of drug-likeness (QED) is 0.355. The molecule has 0 spiro atoms. The van der Waals surface area contributed by atoms with Crippen LogP contribution in [0.2, 0.25) is 0 Å². The molecule has 0 unspecified atom stereocenters. The highest BCUT2D eigenvalue weighted by Crippen LogP contribution is 2.44. The first-order valence-corrected chi connectivity index (χ1v) is 11.0. The Hall–Kier alpha value is -3.16. The number of benzene rings is 4. The van der Waals surface area contributed by atoms with Crippen molar-refractivity contribution in [3.8, 4) is 33.4 Å². The van der Waals surface area contributed by atoms with Gasteiger partial charge in [0.15, 0.2) is 0 Å². The Bertz CT molecular complexity index is 1220. The third-order valence-electron chi connectivity index (χ3n) is 5.93. The molecule has 1 heteroatoms. The fraction of sp³-hybridized carbons (Fsp3) is 0.200. The lowest BCUT2D eigenvalue weighted by Gasteiger charge is -2.23. The third-order valence-corrected chi connectivity index (χ3v) is 5.93. The van der Waals surface area contributed by atoms with Gasteiger partial charge in [0, 0.05) is 0 Å². The smallest absolute Gasteiger partial charge is 0.0793 e. The topological polar surface area (TPSA) is 20.2 Å². The Labute approximate surface area is 186 Å². The van der Waals surface area contributed by atoms with Crippen molar-refractivity contribution in [3.05, 3.63) is 107 Å². The molecular formula is C30H30O. The van der Waals surface area contributed by atoms with Gasteiger partial charge in [-0.15, -0.1) is 0 Å². The average molecular weight is 407 g/mol. The summed E-state index contributed by atoms with van der Waals surface area (Å²) in [5, 5.41) is 11.0. The van der Waals surface area contributed by atoms with Crippen LogP contribution >= 0.6 is 0 Å². The molecule has 1 atom stereocenters. The lowest BCUT2D eigenvalue weighted by atomic mass is 9.82. The highest BCUT2D eigenvalue weighted by atomic mass is 16.3. The molecule has 0 fully saturated rings. The number of aliphatic hydroxyl groups is 1. The number of aryl methyl sites for hydroxylation is 3. The summed E-state index contributed by atoms with van der Waals surface area (Å²) < 4.78 is 0. The molecule has 1 nitrogen and oxygen atoms in total. The van der Waals surface area contributed by atoms with E-state index in [2.05, 4.69) is 106 Å². The molecule has 1 N–H and O–H groups in total. The molecule has 4 rings (SSSR count). The van der Waals surface area contributed by atoms with Crippen molar-refractivity contribution in [1.29, 1.82) is 0 Å². The van der Waals surface area contributed by atoms with E-state index in [1.807, 2.05) is 6.92 Å². The highest BCUT2D eigenvalue weighted by molar-refractivity contribution is 5.96. The predicted molar refractivity (Wildman–Crippen MR) is 132 cm³/mol. The van der Waals surface area contributed by atoms with Crippen LogP contribution in [0.1, 0.15) is 41.7 Å². The molecule has 156 valence electrons. The zero-order valence-electron chi connectivity index (χ0n) is 18.8. The number of aliphatic hydroxyl groups excluding tert-OH is 1. The van der Waals surface area contributed by atoms with Gasteiger partial charge in [0.2, 0.25) is 0 Å².